The molecule has 0 radical (unpaired) electrons. The fourth-order valence-corrected chi connectivity index (χ4v) is 2.07. The summed E-state index contributed by atoms with van der Waals surface area (Å²) in [5, 5.41) is 1.33. The smallest absolute Gasteiger partial charge is 0.140 e. The number of benzene rings is 1. The van der Waals surface area contributed by atoms with Gasteiger partial charge in [-0.05, 0) is 34.6 Å². The first kappa shape index (κ1) is 10.8. The molecule has 0 aliphatic carbocycles. The van der Waals surface area contributed by atoms with Gasteiger partial charge in [0.2, 0.25) is 0 Å². The lowest BCUT2D eigenvalue weighted by Crippen LogP contribution is -2.06. The van der Waals surface area contributed by atoms with Crippen LogP contribution in [0, 0.1) is 0 Å². The van der Waals surface area contributed by atoms with Gasteiger partial charge in [0.25, 0.3) is 0 Å². The second-order valence-electron chi connectivity index (χ2n) is 3.11. The molecule has 5 heteroatoms. The molecular weight excluding hydrogens is 277 g/mol. The highest BCUT2D eigenvalue weighted by atomic mass is 79.9. The maximum Gasteiger partial charge on any atom is 0.140 e. The van der Waals surface area contributed by atoms with Crippen molar-refractivity contribution >= 4 is 38.4 Å². The highest BCUT2D eigenvalue weighted by molar-refractivity contribution is 9.10. The molecule has 0 saturated heterocycles. The Kier molecular flexibility index (Phi) is 3.19. The Morgan fingerprint density at radius 3 is 2.87 bits per heavy atom. The summed E-state index contributed by atoms with van der Waals surface area (Å²) in [5.74, 6) is 0.682. The van der Waals surface area contributed by atoms with Crippen LogP contribution < -0.4 is 5.73 Å². The van der Waals surface area contributed by atoms with E-state index < -0.39 is 0 Å². The summed E-state index contributed by atoms with van der Waals surface area (Å²) >= 11 is 9.49. The zero-order valence-electron chi connectivity index (χ0n) is 7.87. The number of para-hydroxylation sites is 1. The van der Waals surface area contributed by atoms with E-state index in [2.05, 4.69) is 25.9 Å². The number of hydrogen-bond donors (Lipinski definition) is 1. The van der Waals surface area contributed by atoms with Crippen LogP contribution in [0.3, 0.4) is 0 Å². The van der Waals surface area contributed by atoms with Gasteiger partial charge in [0.15, 0.2) is 0 Å². The molecule has 78 valence electrons. The summed E-state index contributed by atoms with van der Waals surface area (Å²) in [4.78, 5) is 8.59. The van der Waals surface area contributed by atoms with E-state index in [0.29, 0.717) is 23.9 Å². The number of nitrogens with zero attached hydrogens (tertiary/aromatic N) is 2. The number of aromatic nitrogens is 2. The maximum absolute atomic E-state index is 6.06. The second kappa shape index (κ2) is 4.43. The molecule has 0 unspecified atom stereocenters. The third kappa shape index (κ3) is 2.12. The van der Waals surface area contributed by atoms with Gasteiger partial charge in [-0.25, -0.2) is 9.97 Å². The highest BCUT2D eigenvalue weighted by Crippen LogP contribution is 2.26. The van der Waals surface area contributed by atoms with E-state index in [1.54, 1.807) is 0 Å². The summed E-state index contributed by atoms with van der Waals surface area (Å²) in [6.07, 6.45) is 0.636. The van der Waals surface area contributed by atoms with Gasteiger partial charge in [0.05, 0.1) is 5.52 Å². The minimum Gasteiger partial charge on any atom is -0.330 e. The lowest BCUT2D eigenvalue weighted by atomic mass is 10.2. The van der Waals surface area contributed by atoms with Crippen molar-refractivity contribution in [2.75, 3.05) is 6.54 Å². The first-order valence-corrected chi connectivity index (χ1v) is 5.70. The molecule has 0 atom stereocenters. The molecule has 0 bridgehead atoms. The fourth-order valence-electron chi connectivity index (χ4n) is 1.36. The maximum atomic E-state index is 6.06. The van der Waals surface area contributed by atoms with Gasteiger partial charge in [-0.15, -0.1) is 0 Å². The van der Waals surface area contributed by atoms with Crippen LogP contribution >= 0.6 is 27.5 Å². The van der Waals surface area contributed by atoms with Crippen LogP contribution in [-0.4, -0.2) is 16.5 Å². The van der Waals surface area contributed by atoms with E-state index in [1.807, 2.05) is 18.2 Å². The highest BCUT2D eigenvalue weighted by Gasteiger charge is 2.07. The Morgan fingerprint density at radius 1 is 1.33 bits per heavy atom. The monoisotopic (exact) mass is 285 g/mol. The van der Waals surface area contributed by atoms with Crippen molar-refractivity contribution in [3.63, 3.8) is 0 Å². The van der Waals surface area contributed by atoms with Gasteiger partial charge < -0.3 is 5.73 Å². The second-order valence-corrected chi connectivity index (χ2v) is 4.32. The first-order chi connectivity index (χ1) is 7.22. The third-order valence-corrected chi connectivity index (χ3v) is 2.97. The van der Waals surface area contributed by atoms with E-state index in [0.717, 1.165) is 15.4 Å². The zero-order valence-corrected chi connectivity index (χ0v) is 10.2. The molecule has 0 fully saturated rings. The van der Waals surface area contributed by atoms with Crippen molar-refractivity contribution in [2.45, 2.75) is 6.42 Å². The number of fused-ring (bicyclic) bond motifs is 1. The van der Waals surface area contributed by atoms with Crippen LogP contribution in [-0.2, 0) is 6.42 Å². The predicted molar refractivity (Wildman–Crippen MR) is 65.0 cm³/mol. The van der Waals surface area contributed by atoms with Gasteiger partial charge in [0.1, 0.15) is 11.0 Å². The summed E-state index contributed by atoms with van der Waals surface area (Å²) in [6.45, 7) is 0.520. The van der Waals surface area contributed by atoms with Gasteiger partial charge in [0, 0.05) is 16.3 Å². The number of nitrogens with two attached hydrogens (primary N) is 1. The minimum atomic E-state index is 0.477. The standard InChI is InChI=1S/C10H9BrClN3/c11-7-3-1-2-6-9(7)14-8(4-5-13)15-10(6)12/h1-3H,4-5,13H2. The number of hydrogen-bond acceptors (Lipinski definition) is 3. The average molecular weight is 287 g/mol. The Hall–Kier alpha value is -0.710. The predicted octanol–water partition coefficient (Wildman–Crippen LogP) is 2.55. The lowest BCUT2D eigenvalue weighted by molar-refractivity contribution is 0.879. The van der Waals surface area contributed by atoms with Crippen LogP contribution in [0.25, 0.3) is 10.9 Å². The molecule has 3 nitrogen and oxygen atoms in total. The molecule has 0 saturated carbocycles. The molecule has 15 heavy (non-hydrogen) atoms. The molecule has 2 N–H and O–H groups in total. The van der Waals surface area contributed by atoms with Gasteiger partial charge in [-0.3, -0.25) is 0 Å². The normalized spacial score (nSPS) is 10.9. The van der Waals surface area contributed by atoms with Gasteiger partial charge in [-0.2, -0.15) is 0 Å². The number of rotatable bonds is 2. The molecule has 1 heterocycles. The fraction of sp³-hybridized carbons (Fsp3) is 0.200. The molecular formula is C10H9BrClN3. The molecule has 0 aliphatic rings. The number of halogens is 2. The van der Waals surface area contributed by atoms with Crippen LogP contribution in [0.2, 0.25) is 5.15 Å². The van der Waals surface area contributed by atoms with E-state index >= 15 is 0 Å². The molecule has 0 amide bonds. The zero-order chi connectivity index (χ0) is 10.8. The molecule has 0 spiro atoms. The minimum absolute atomic E-state index is 0.477. The van der Waals surface area contributed by atoms with Gasteiger partial charge in [-0.1, -0.05) is 17.7 Å². The Labute approximate surface area is 101 Å². The van der Waals surface area contributed by atoms with E-state index in [1.165, 1.54) is 0 Å². The SMILES string of the molecule is NCCc1nc(Cl)c2cccc(Br)c2n1. The average Bonchev–Trinajstić information content (AvgIpc) is 2.20. The Balaban J connectivity index is 2.68. The lowest BCUT2D eigenvalue weighted by Gasteiger charge is -2.04. The van der Waals surface area contributed by atoms with E-state index in [-0.39, 0.29) is 0 Å². The molecule has 1 aromatic heterocycles. The Morgan fingerprint density at radius 2 is 2.13 bits per heavy atom. The first-order valence-electron chi connectivity index (χ1n) is 4.53. The molecule has 2 rings (SSSR count). The van der Waals surface area contributed by atoms with E-state index in [4.69, 9.17) is 17.3 Å². The Bertz CT molecular complexity index is 501. The summed E-state index contributed by atoms with van der Waals surface area (Å²) in [6, 6.07) is 5.73. The van der Waals surface area contributed by atoms with Crippen LogP contribution in [0.15, 0.2) is 22.7 Å². The largest absolute Gasteiger partial charge is 0.330 e. The molecule has 2 aromatic rings. The van der Waals surface area contributed by atoms with Crippen molar-refractivity contribution in [3.8, 4) is 0 Å². The van der Waals surface area contributed by atoms with Crippen LogP contribution in [0.1, 0.15) is 5.82 Å². The molecule has 0 aliphatic heterocycles. The summed E-state index contributed by atoms with van der Waals surface area (Å²) in [5.41, 5.74) is 6.29. The van der Waals surface area contributed by atoms with Crippen molar-refractivity contribution in [1.29, 1.82) is 0 Å². The summed E-state index contributed by atoms with van der Waals surface area (Å²) < 4.78 is 0.919. The van der Waals surface area contributed by atoms with Crippen molar-refractivity contribution < 1.29 is 0 Å². The topological polar surface area (TPSA) is 51.8 Å². The van der Waals surface area contributed by atoms with Crippen molar-refractivity contribution in [2.24, 2.45) is 5.73 Å². The third-order valence-electron chi connectivity index (χ3n) is 2.05. The van der Waals surface area contributed by atoms with Crippen molar-refractivity contribution in [1.82, 2.24) is 9.97 Å². The van der Waals surface area contributed by atoms with Crippen LogP contribution in [0.5, 0.6) is 0 Å². The quantitative estimate of drug-likeness (QED) is 0.863. The summed E-state index contributed by atoms with van der Waals surface area (Å²) in [7, 11) is 0. The van der Waals surface area contributed by atoms with Crippen molar-refractivity contribution in [3.05, 3.63) is 33.6 Å². The van der Waals surface area contributed by atoms with E-state index in [9.17, 15) is 0 Å². The van der Waals surface area contributed by atoms with Crippen LogP contribution in [0.4, 0.5) is 0 Å². The van der Waals surface area contributed by atoms with Gasteiger partial charge >= 0.3 is 0 Å². The molecule has 1 aromatic carbocycles.